The summed E-state index contributed by atoms with van der Waals surface area (Å²) in [5.74, 6) is 0.996. The summed E-state index contributed by atoms with van der Waals surface area (Å²) in [6.45, 7) is 3.43. The van der Waals surface area contributed by atoms with Gasteiger partial charge in [0, 0.05) is 18.0 Å². The number of ether oxygens (including phenoxy) is 1. The average molecular weight is 231 g/mol. The van der Waals surface area contributed by atoms with E-state index in [9.17, 15) is 0 Å². The van der Waals surface area contributed by atoms with Crippen LogP contribution >= 0.6 is 0 Å². The smallest absolute Gasteiger partial charge is 0.119 e. The lowest BCUT2D eigenvalue weighted by molar-refractivity contribution is 0.211. The Kier molecular flexibility index (Phi) is 2.62. The van der Waals surface area contributed by atoms with E-state index in [1.165, 1.54) is 36.8 Å². The quantitative estimate of drug-likeness (QED) is 0.802. The molecule has 1 aromatic carbocycles. The molecule has 0 radical (unpaired) electrons. The molecule has 1 aromatic rings. The third-order valence-electron chi connectivity index (χ3n) is 4.68. The molecule has 0 spiro atoms. The van der Waals surface area contributed by atoms with Gasteiger partial charge in [-0.2, -0.15) is 0 Å². The molecule has 2 aliphatic rings. The summed E-state index contributed by atoms with van der Waals surface area (Å²) in [7, 11) is 1.75. The Bertz CT molecular complexity index is 429. The van der Waals surface area contributed by atoms with Gasteiger partial charge in [-0.3, -0.25) is 0 Å². The Labute approximate surface area is 103 Å². The zero-order valence-corrected chi connectivity index (χ0v) is 10.8. The maximum Gasteiger partial charge on any atom is 0.119 e. The monoisotopic (exact) mass is 231 g/mol. The summed E-state index contributed by atoms with van der Waals surface area (Å²) in [5, 5.41) is 3.71. The number of benzene rings is 1. The molecule has 2 heteroatoms. The van der Waals surface area contributed by atoms with Gasteiger partial charge in [-0.1, -0.05) is 25.8 Å². The average Bonchev–Trinajstić information content (AvgIpc) is 2.38. The van der Waals surface area contributed by atoms with Gasteiger partial charge in [-0.05, 0) is 36.1 Å². The molecule has 2 atom stereocenters. The molecule has 1 aliphatic carbocycles. The molecule has 1 N–H and O–H groups in total. The van der Waals surface area contributed by atoms with E-state index >= 15 is 0 Å². The van der Waals surface area contributed by atoms with E-state index in [-0.39, 0.29) is 0 Å². The van der Waals surface area contributed by atoms with Crippen LogP contribution in [0.25, 0.3) is 0 Å². The van der Waals surface area contributed by atoms with Gasteiger partial charge in [0.1, 0.15) is 5.75 Å². The van der Waals surface area contributed by atoms with Crippen LogP contribution in [0.4, 0.5) is 0 Å². The first-order chi connectivity index (χ1) is 8.24. The topological polar surface area (TPSA) is 21.3 Å². The first-order valence-corrected chi connectivity index (χ1v) is 6.65. The van der Waals surface area contributed by atoms with Crippen molar-refractivity contribution in [1.82, 2.24) is 5.32 Å². The Morgan fingerprint density at radius 3 is 3.06 bits per heavy atom. The van der Waals surface area contributed by atoms with Gasteiger partial charge in [0.05, 0.1) is 7.11 Å². The first kappa shape index (κ1) is 11.1. The van der Waals surface area contributed by atoms with E-state index in [0.717, 1.165) is 12.3 Å². The highest BCUT2D eigenvalue weighted by Gasteiger charge is 2.41. The van der Waals surface area contributed by atoms with Crippen LogP contribution < -0.4 is 10.1 Å². The van der Waals surface area contributed by atoms with Crippen LogP contribution in [0.3, 0.4) is 0 Å². The number of hydrogen-bond donors (Lipinski definition) is 1. The van der Waals surface area contributed by atoms with Crippen LogP contribution in [0, 0.1) is 0 Å². The highest BCUT2D eigenvalue weighted by molar-refractivity contribution is 5.43. The van der Waals surface area contributed by atoms with Crippen LogP contribution in [0.2, 0.25) is 0 Å². The summed E-state index contributed by atoms with van der Waals surface area (Å²) >= 11 is 0. The Morgan fingerprint density at radius 1 is 1.35 bits per heavy atom. The summed E-state index contributed by atoms with van der Waals surface area (Å²) in [6.07, 6.45) is 5.33. The normalized spacial score (nSPS) is 31.5. The van der Waals surface area contributed by atoms with Crippen molar-refractivity contribution < 1.29 is 4.74 Å². The van der Waals surface area contributed by atoms with E-state index in [1.807, 2.05) is 0 Å². The molecule has 0 saturated heterocycles. The fourth-order valence-corrected chi connectivity index (χ4v) is 3.58. The summed E-state index contributed by atoms with van der Waals surface area (Å²) in [5.41, 5.74) is 3.27. The lowest BCUT2D eigenvalue weighted by atomic mass is 9.64. The molecule has 0 unspecified atom stereocenters. The molecule has 1 heterocycles. The zero-order valence-electron chi connectivity index (χ0n) is 10.8. The number of rotatable bonds is 1. The Balaban J connectivity index is 2.08. The van der Waals surface area contributed by atoms with Crippen molar-refractivity contribution in [3.63, 3.8) is 0 Å². The van der Waals surface area contributed by atoms with Crippen molar-refractivity contribution in [2.24, 2.45) is 0 Å². The molecule has 1 fully saturated rings. The molecule has 3 rings (SSSR count). The maximum atomic E-state index is 5.38. The molecular weight excluding hydrogens is 210 g/mol. The molecule has 1 saturated carbocycles. The van der Waals surface area contributed by atoms with E-state index in [1.54, 1.807) is 7.11 Å². The lowest BCUT2D eigenvalue weighted by Crippen LogP contribution is -2.52. The number of hydrogen-bond acceptors (Lipinski definition) is 2. The number of nitrogens with one attached hydrogen (secondary N) is 1. The molecule has 2 nitrogen and oxygen atoms in total. The highest BCUT2D eigenvalue weighted by atomic mass is 16.5. The highest BCUT2D eigenvalue weighted by Crippen LogP contribution is 2.44. The van der Waals surface area contributed by atoms with Crippen molar-refractivity contribution in [3.8, 4) is 5.75 Å². The number of fused-ring (bicyclic) bond motifs is 3. The number of methoxy groups -OCH3 is 1. The van der Waals surface area contributed by atoms with Crippen LogP contribution in [0.5, 0.6) is 5.75 Å². The molecule has 0 aromatic heterocycles. The fraction of sp³-hybridized carbons (Fsp3) is 0.600. The molecule has 92 valence electrons. The van der Waals surface area contributed by atoms with Gasteiger partial charge in [0.2, 0.25) is 0 Å². The standard InChI is InChI=1S/C15H21NO/c1-15-8-4-3-5-14(15)16-10-11-6-7-12(17-2)9-13(11)15/h6-7,9,14,16H,3-5,8,10H2,1-2H3/t14-,15+/m0/s1. The SMILES string of the molecule is COc1ccc2c(c1)[C@@]1(C)CCCC[C@@H]1NC2. The Morgan fingerprint density at radius 2 is 2.24 bits per heavy atom. The van der Waals surface area contributed by atoms with Crippen LogP contribution in [-0.2, 0) is 12.0 Å². The van der Waals surface area contributed by atoms with Gasteiger partial charge >= 0.3 is 0 Å². The largest absolute Gasteiger partial charge is 0.497 e. The third-order valence-corrected chi connectivity index (χ3v) is 4.68. The zero-order chi connectivity index (χ0) is 11.9. The molecule has 0 amide bonds. The van der Waals surface area contributed by atoms with Gasteiger partial charge in [0.25, 0.3) is 0 Å². The second kappa shape index (κ2) is 4.02. The third kappa shape index (κ3) is 1.66. The van der Waals surface area contributed by atoms with E-state index in [0.29, 0.717) is 11.5 Å². The van der Waals surface area contributed by atoms with Crippen molar-refractivity contribution >= 4 is 0 Å². The van der Waals surface area contributed by atoms with Crippen molar-refractivity contribution in [2.75, 3.05) is 7.11 Å². The first-order valence-electron chi connectivity index (χ1n) is 6.65. The fourth-order valence-electron chi connectivity index (χ4n) is 3.58. The van der Waals surface area contributed by atoms with Crippen molar-refractivity contribution in [1.29, 1.82) is 0 Å². The second-order valence-corrected chi connectivity index (χ2v) is 5.62. The lowest BCUT2D eigenvalue weighted by Gasteiger charge is -2.47. The minimum Gasteiger partial charge on any atom is -0.497 e. The molecule has 0 bridgehead atoms. The minimum absolute atomic E-state index is 0.306. The van der Waals surface area contributed by atoms with Crippen LogP contribution in [-0.4, -0.2) is 13.2 Å². The van der Waals surface area contributed by atoms with Gasteiger partial charge in [-0.15, -0.1) is 0 Å². The summed E-state index contributed by atoms with van der Waals surface area (Å²) in [4.78, 5) is 0. The van der Waals surface area contributed by atoms with Crippen molar-refractivity contribution in [3.05, 3.63) is 29.3 Å². The minimum atomic E-state index is 0.306. The predicted octanol–water partition coefficient (Wildman–Crippen LogP) is 3.00. The van der Waals surface area contributed by atoms with Gasteiger partial charge in [0.15, 0.2) is 0 Å². The van der Waals surface area contributed by atoms with E-state index in [2.05, 4.69) is 30.4 Å². The molecule has 17 heavy (non-hydrogen) atoms. The van der Waals surface area contributed by atoms with Crippen LogP contribution in [0.1, 0.15) is 43.7 Å². The predicted molar refractivity (Wildman–Crippen MR) is 69.4 cm³/mol. The molecular formula is C15H21NO. The van der Waals surface area contributed by atoms with Crippen LogP contribution in [0.15, 0.2) is 18.2 Å². The van der Waals surface area contributed by atoms with E-state index < -0.39 is 0 Å². The summed E-state index contributed by atoms with van der Waals surface area (Å²) < 4.78 is 5.38. The van der Waals surface area contributed by atoms with E-state index in [4.69, 9.17) is 4.74 Å². The van der Waals surface area contributed by atoms with Gasteiger partial charge in [-0.25, -0.2) is 0 Å². The summed E-state index contributed by atoms with van der Waals surface area (Å²) in [6, 6.07) is 7.20. The van der Waals surface area contributed by atoms with Crippen molar-refractivity contribution in [2.45, 2.75) is 50.6 Å². The second-order valence-electron chi connectivity index (χ2n) is 5.62. The van der Waals surface area contributed by atoms with Gasteiger partial charge < -0.3 is 10.1 Å². The molecule has 1 aliphatic heterocycles. The Hall–Kier alpha value is -1.02. The maximum absolute atomic E-state index is 5.38.